The highest BCUT2D eigenvalue weighted by atomic mass is 16.7. The smallest absolute Gasteiger partial charge is 0.228 e. The SMILES string of the molecule is COc1cc(-c2cc(=O)c3c(O)cc(O[C@H]4OC[C@@H](O)[C@H](O)[C@@H]4O)cc3o2)cc(OC)c1O. The molecule has 176 valence electrons. The number of hydrogen-bond donors (Lipinski definition) is 5. The van der Waals surface area contributed by atoms with Gasteiger partial charge in [0, 0.05) is 23.8 Å². The lowest BCUT2D eigenvalue weighted by molar-refractivity contribution is -0.242. The van der Waals surface area contributed by atoms with Gasteiger partial charge in [0.15, 0.2) is 16.9 Å². The molecule has 2 heterocycles. The van der Waals surface area contributed by atoms with Crippen LogP contribution >= 0.6 is 0 Å². The molecule has 1 aromatic heterocycles. The average molecular weight is 462 g/mol. The number of phenolic OH excluding ortho intramolecular Hbond substituents is 2. The normalized spacial score (nSPS) is 22.8. The van der Waals surface area contributed by atoms with Crippen molar-refractivity contribution in [1.29, 1.82) is 0 Å². The van der Waals surface area contributed by atoms with E-state index in [9.17, 15) is 30.3 Å². The Morgan fingerprint density at radius 1 is 0.939 bits per heavy atom. The third kappa shape index (κ3) is 4.14. The second kappa shape index (κ2) is 8.79. The number of methoxy groups -OCH3 is 2. The first-order valence-corrected chi connectivity index (χ1v) is 9.82. The molecule has 11 heteroatoms. The van der Waals surface area contributed by atoms with Gasteiger partial charge in [0.25, 0.3) is 0 Å². The molecule has 33 heavy (non-hydrogen) atoms. The van der Waals surface area contributed by atoms with Gasteiger partial charge in [-0.25, -0.2) is 0 Å². The highest BCUT2D eigenvalue weighted by Crippen LogP contribution is 2.41. The molecular weight excluding hydrogens is 440 g/mol. The quantitative estimate of drug-likeness (QED) is 0.362. The fourth-order valence-corrected chi connectivity index (χ4v) is 3.51. The summed E-state index contributed by atoms with van der Waals surface area (Å²) in [7, 11) is 2.71. The van der Waals surface area contributed by atoms with Crippen LogP contribution in [0.1, 0.15) is 0 Å². The fraction of sp³-hybridized carbons (Fsp3) is 0.318. The predicted octanol–water partition coefficient (Wildman–Crippen LogP) is 0.706. The van der Waals surface area contributed by atoms with E-state index in [0.29, 0.717) is 5.56 Å². The van der Waals surface area contributed by atoms with Gasteiger partial charge in [0.2, 0.25) is 12.0 Å². The summed E-state index contributed by atoms with van der Waals surface area (Å²) in [4.78, 5) is 12.7. The van der Waals surface area contributed by atoms with Crippen LogP contribution in [0.2, 0.25) is 0 Å². The molecule has 1 aliphatic rings. The number of aliphatic hydroxyl groups is 3. The molecule has 0 unspecified atom stereocenters. The molecule has 1 aliphatic heterocycles. The summed E-state index contributed by atoms with van der Waals surface area (Å²) in [5.74, 6) is -0.400. The third-order valence-corrected chi connectivity index (χ3v) is 5.25. The van der Waals surface area contributed by atoms with Gasteiger partial charge in [-0.2, -0.15) is 0 Å². The lowest BCUT2D eigenvalue weighted by Gasteiger charge is -2.34. The van der Waals surface area contributed by atoms with E-state index >= 15 is 0 Å². The Balaban J connectivity index is 1.76. The molecule has 0 amide bonds. The van der Waals surface area contributed by atoms with Crippen molar-refractivity contribution in [1.82, 2.24) is 0 Å². The van der Waals surface area contributed by atoms with Gasteiger partial charge >= 0.3 is 0 Å². The average Bonchev–Trinajstić information content (AvgIpc) is 2.79. The van der Waals surface area contributed by atoms with Crippen LogP contribution in [0.15, 0.2) is 39.5 Å². The monoisotopic (exact) mass is 462 g/mol. The molecule has 1 saturated heterocycles. The van der Waals surface area contributed by atoms with Gasteiger partial charge in [-0.3, -0.25) is 4.79 Å². The maximum atomic E-state index is 12.7. The van der Waals surface area contributed by atoms with Gasteiger partial charge in [-0.1, -0.05) is 0 Å². The van der Waals surface area contributed by atoms with Crippen molar-refractivity contribution in [3.05, 3.63) is 40.6 Å². The zero-order valence-corrected chi connectivity index (χ0v) is 17.6. The Labute approximate surface area is 186 Å². The number of fused-ring (bicyclic) bond motifs is 1. The van der Waals surface area contributed by atoms with Crippen molar-refractivity contribution in [2.24, 2.45) is 0 Å². The predicted molar refractivity (Wildman–Crippen MR) is 113 cm³/mol. The number of aromatic hydroxyl groups is 2. The Kier molecular flexibility index (Phi) is 6.04. The van der Waals surface area contributed by atoms with E-state index in [0.717, 1.165) is 6.07 Å². The first-order valence-electron chi connectivity index (χ1n) is 9.82. The highest BCUT2D eigenvalue weighted by molar-refractivity contribution is 5.86. The first-order chi connectivity index (χ1) is 15.7. The van der Waals surface area contributed by atoms with Crippen LogP contribution in [0, 0.1) is 0 Å². The largest absolute Gasteiger partial charge is 0.507 e. The number of benzene rings is 2. The molecule has 5 N–H and O–H groups in total. The summed E-state index contributed by atoms with van der Waals surface area (Å²) in [6, 6.07) is 6.50. The lowest BCUT2D eigenvalue weighted by Crippen LogP contribution is -2.54. The van der Waals surface area contributed by atoms with Crippen molar-refractivity contribution in [3.63, 3.8) is 0 Å². The molecule has 3 aromatic rings. The Morgan fingerprint density at radius 3 is 2.24 bits per heavy atom. The summed E-state index contributed by atoms with van der Waals surface area (Å²) in [5.41, 5.74) is -0.229. The van der Waals surface area contributed by atoms with E-state index in [4.69, 9.17) is 23.4 Å². The molecule has 11 nitrogen and oxygen atoms in total. The molecule has 0 saturated carbocycles. The summed E-state index contributed by atoms with van der Waals surface area (Å²) < 4.78 is 26.8. The summed E-state index contributed by atoms with van der Waals surface area (Å²) in [5, 5.41) is 49.8. The van der Waals surface area contributed by atoms with Crippen LogP contribution in [-0.2, 0) is 4.74 Å². The highest BCUT2D eigenvalue weighted by Gasteiger charge is 2.39. The maximum Gasteiger partial charge on any atom is 0.228 e. The zero-order chi connectivity index (χ0) is 23.9. The molecule has 1 fully saturated rings. The van der Waals surface area contributed by atoms with E-state index in [1.807, 2.05) is 0 Å². The third-order valence-electron chi connectivity index (χ3n) is 5.25. The minimum Gasteiger partial charge on any atom is -0.507 e. The van der Waals surface area contributed by atoms with Gasteiger partial charge in [0.05, 0.1) is 20.8 Å². The summed E-state index contributed by atoms with van der Waals surface area (Å²) in [6.07, 6.45) is -5.64. The van der Waals surface area contributed by atoms with Gasteiger partial charge in [-0.15, -0.1) is 0 Å². The molecular formula is C22H22O11. The van der Waals surface area contributed by atoms with Gasteiger partial charge in [0.1, 0.15) is 46.5 Å². The first kappa shape index (κ1) is 22.7. The molecule has 0 aliphatic carbocycles. The van der Waals surface area contributed by atoms with E-state index in [1.54, 1.807) is 0 Å². The number of rotatable bonds is 5. The molecule has 4 rings (SSSR count). The van der Waals surface area contributed by atoms with E-state index in [-0.39, 0.29) is 46.3 Å². The fourth-order valence-electron chi connectivity index (χ4n) is 3.51. The second-order valence-corrected chi connectivity index (χ2v) is 7.39. The zero-order valence-electron chi connectivity index (χ0n) is 17.6. The summed E-state index contributed by atoms with van der Waals surface area (Å²) in [6.45, 7) is -0.272. The molecule has 0 radical (unpaired) electrons. The van der Waals surface area contributed by atoms with Crippen LogP contribution < -0.4 is 19.6 Å². The minimum atomic E-state index is -1.55. The van der Waals surface area contributed by atoms with Crippen molar-refractivity contribution in [2.45, 2.75) is 24.6 Å². The van der Waals surface area contributed by atoms with Gasteiger partial charge < -0.3 is 48.9 Å². The van der Waals surface area contributed by atoms with Crippen molar-refractivity contribution in [2.75, 3.05) is 20.8 Å². The van der Waals surface area contributed by atoms with E-state index in [1.165, 1.54) is 38.5 Å². The molecule has 0 spiro atoms. The molecule has 2 aromatic carbocycles. The molecule has 0 bridgehead atoms. The van der Waals surface area contributed by atoms with Crippen molar-refractivity contribution < 1.29 is 48.9 Å². The van der Waals surface area contributed by atoms with Crippen LogP contribution in [-0.4, -0.2) is 71.0 Å². The van der Waals surface area contributed by atoms with Crippen LogP contribution in [0.25, 0.3) is 22.3 Å². The standard InChI is InChI=1S/C22H22O11/c1-29-16-3-9(4-17(30-2)20(16)27)14-7-12(24)18-11(23)5-10(6-15(18)33-14)32-22-21(28)19(26)13(25)8-31-22/h3-7,13,19,21-23,25-28H,8H2,1-2H3/t13-,19+,21+,22-/m1/s1. The summed E-state index contributed by atoms with van der Waals surface area (Å²) >= 11 is 0. The lowest BCUT2D eigenvalue weighted by atomic mass is 10.1. The van der Waals surface area contributed by atoms with E-state index < -0.39 is 35.8 Å². The maximum absolute atomic E-state index is 12.7. The van der Waals surface area contributed by atoms with E-state index in [2.05, 4.69) is 0 Å². The Bertz CT molecular complexity index is 1210. The van der Waals surface area contributed by atoms with Crippen molar-refractivity contribution >= 4 is 11.0 Å². The van der Waals surface area contributed by atoms with Crippen LogP contribution in [0.4, 0.5) is 0 Å². The number of aliphatic hydroxyl groups excluding tert-OH is 3. The van der Waals surface area contributed by atoms with Crippen molar-refractivity contribution in [3.8, 4) is 40.1 Å². The van der Waals surface area contributed by atoms with Gasteiger partial charge in [-0.05, 0) is 12.1 Å². The molecule has 4 atom stereocenters. The van der Waals surface area contributed by atoms with Crippen LogP contribution in [0.3, 0.4) is 0 Å². The topological polar surface area (TPSA) is 168 Å². The Morgan fingerprint density at radius 2 is 1.61 bits per heavy atom. The minimum absolute atomic E-state index is 0.0196. The van der Waals surface area contributed by atoms with Crippen LogP contribution in [0.5, 0.6) is 28.7 Å². The number of phenols is 2. The number of hydrogen-bond acceptors (Lipinski definition) is 11. The second-order valence-electron chi connectivity index (χ2n) is 7.39. The number of ether oxygens (including phenoxy) is 4. The Hall–Kier alpha value is -3.51.